The van der Waals surface area contributed by atoms with Crippen molar-refractivity contribution in [3.05, 3.63) is 35.9 Å². The van der Waals surface area contributed by atoms with E-state index in [2.05, 4.69) is 10.6 Å². The van der Waals surface area contributed by atoms with Gasteiger partial charge in [-0.2, -0.15) is 0 Å². The standard InChI is InChI=1S/C22H33N3O4S/c1-2-23-21(27)22(13-7-4-8-14-22)24-20(26)19-11-15-25(16-12-19)30(28,29)17-18-9-5-3-6-10-18/h3,5-6,9-10,19H,2,4,7-8,11-17H2,1H3,(H,23,27)(H,24,26). The lowest BCUT2D eigenvalue weighted by Gasteiger charge is -2.38. The maximum atomic E-state index is 13.0. The number of benzene rings is 1. The molecule has 0 atom stereocenters. The van der Waals surface area contributed by atoms with E-state index in [1.807, 2.05) is 37.3 Å². The molecule has 0 aromatic heterocycles. The van der Waals surface area contributed by atoms with Crippen LogP contribution in [0.2, 0.25) is 0 Å². The maximum absolute atomic E-state index is 13.0. The third kappa shape index (κ3) is 5.40. The number of hydrogen-bond donors (Lipinski definition) is 2. The van der Waals surface area contributed by atoms with E-state index in [0.717, 1.165) is 24.8 Å². The first-order chi connectivity index (χ1) is 14.4. The van der Waals surface area contributed by atoms with E-state index >= 15 is 0 Å². The Labute approximate surface area is 179 Å². The molecule has 1 aromatic carbocycles. The minimum Gasteiger partial charge on any atom is -0.354 e. The van der Waals surface area contributed by atoms with Gasteiger partial charge in [0.15, 0.2) is 0 Å². The van der Waals surface area contributed by atoms with Crippen LogP contribution in [0, 0.1) is 5.92 Å². The maximum Gasteiger partial charge on any atom is 0.245 e. The summed E-state index contributed by atoms with van der Waals surface area (Å²) in [6.07, 6.45) is 5.20. The van der Waals surface area contributed by atoms with Gasteiger partial charge in [-0.1, -0.05) is 49.6 Å². The Hall–Kier alpha value is -1.93. The summed E-state index contributed by atoms with van der Waals surface area (Å²) >= 11 is 0. The smallest absolute Gasteiger partial charge is 0.245 e. The second-order valence-corrected chi connectivity index (χ2v) is 10.4. The number of rotatable bonds is 7. The van der Waals surface area contributed by atoms with E-state index in [1.165, 1.54) is 4.31 Å². The minimum absolute atomic E-state index is 0.0228. The van der Waals surface area contributed by atoms with Gasteiger partial charge in [0.05, 0.1) is 5.75 Å². The molecule has 7 nitrogen and oxygen atoms in total. The quantitative estimate of drug-likeness (QED) is 0.686. The van der Waals surface area contributed by atoms with Crippen molar-refractivity contribution in [1.82, 2.24) is 14.9 Å². The van der Waals surface area contributed by atoms with E-state index in [-0.39, 0.29) is 23.5 Å². The summed E-state index contributed by atoms with van der Waals surface area (Å²) in [4.78, 5) is 25.7. The highest BCUT2D eigenvalue weighted by Crippen LogP contribution is 2.30. The summed E-state index contributed by atoms with van der Waals surface area (Å²) in [7, 11) is -3.41. The van der Waals surface area contributed by atoms with Crippen LogP contribution in [-0.4, -0.2) is 49.7 Å². The zero-order valence-electron chi connectivity index (χ0n) is 17.7. The predicted molar refractivity (Wildman–Crippen MR) is 116 cm³/mol. The Morgan fingerprint density at radius 2 is 1.70 bits per heavy atom. The fourth-order valence-electron chi connectivity index (χ4n) is 4.50. The second kappa shape index (κ2) is 9.92. The third-order valence-corrected chi connectivity index (χ3v) is 8.10. The topological polar surface area (TPSA) is 95.6 Å². The second-order valence-electron chi connectivity index (χ2n) is 8.41. The molecule has 8 heteroatoms. The van der Waals surface area contributed by atoms with Crippen LogP contribution < -0.4 is 10.6 Å². The molecule has 0 spiro atoms. The summed E-state index contributed by atoms with van der Waals surface area (Å²) < 4.78 is 27.0. The SMILES string of the molecule is CCNC(=O)C1(NC(=O)C2CCN(S(=O)(=O)Cc3ccccc3)CC2)CCCCC1. The fraction of sp³-hybridized carbons (Fsp3) is 0.636. The number of likely N-dealkylation sites (N-methyl/N-ethyl adjacent to an activating group) is 1. The molecular formula is C22H33N3O4S. The molecule has 0 unspecified atom stereocenters. The molecule has 1 aromatic rings. The van der Waals surface area contributed by atoms with E-state index in [9.17, 15) is 18.0 Å². The zero-order chi connectivity index (χ0) is 21.6. The summed E-state index contributed by atoms with van der Waals surface area (Å²) in [5.41, 5.74) is -0.0551. The monoisotopic (exact) mass is 435 g/mol. The highest BCUT2D eigenvalue weighted by atomic mass is 32.2. The van der Waals surface area contributed by atoms with Gasteiger partial charge < -0.3 is 10.6 Å². The van der Waals surface area contributed by atoms with Crippen LogP contribution in [0.3, 0.4) is 0 Å². The Kier molecular flexibility index (Phi) is 7.52. The van der Waals surface area contributed by atoms with Crippen molar-refractivity contribution >= 4 is 21.8 Å². The van der Waals surface area contributed by atoms with Gasteiger partial charge in [-0.3, -0.25) is 9.59 Å². The van der Waals surface area contributed by atoms with Crippen molar-refractivity contribution in [3.63, 3.8) is 0 Å². The average molecular weight is 436 g/mol. The first-order valence-corrected chi connectivity index (χ1v) is 12.6. The third-order valence-electron chi connectivity index (χ3n) is 6.25. The number of piperidine rings is 1. The summed E-state index contributed by atoms with van der Waals surface area (Å²) in [6.45, 7) is 3.08. The van der Waals surface area contributed by atoms with Gasteiger partial charge in [0.25, 0.3) is 0 Å². The number of nitrogens with zero attached hydrogens (tertiary/aromatic N) is 1. The molecule has 166 valence electrons. The molecule has 1 saturated heterocycles. The highest BCUT2D eigenvalue weighted by Gasteiger charge is 2.42. The van der Waals surface area contributed by atoms with Gasteiger partial charge in [-0.15, -0.1) is 0 Å². The molecule has 1 heterocycles. The van der Waals surface area contributed by atoms with Crippen molar-refractivity contribution < 1.29 is 18.0 Å². The number of hydrogen-bond acceptors (Lipinski definition) is 4. The summed E-state index contributed by atoms with van der Waals surface area (Å²) in [6, 6.07) is 9.14. The number of carbonyl (C=O) groups excluding carboxylic acids is 2. The normalized spacial score (nSPS) is 20.4. The highest BCUT2D eigenvalue weighted by molar-refractivity contribution is 7.88. The van der Waals surface area contributed by atoms with Crippen molar-refractivity contribution in [3.8, 4) is 0 Å². The van der Waals surface area contributed by atoms with Gasteiger partial charge in [0, 0.05) is 25.6 Å². The molecule has 3 rings (SSSR count). The number of nitrogens with one attached hydrogen (secondary N) is 2. The molecule has 1 aliphatic heterocycles. The van der Waals surface area contributed by atoms with Gasteiger partial charge >= 0.3 is 0 Å². The molecule has 0 radical (unpaired) electrons. The Morgan fingerprint density at radius 1 is 1.07 bits per heavy atom. The van der Waals surface area contributed by atoms with Crippen LogP contribution in [0.5, 0.6) is 0 Å². The Balaban J connectivity index is 1.58. The van der Waals surface area contributed by atoms with E-state index in [1.54, 1.807) is 0 Å². The van der Waals surface area contributed by atoms with Crippen molar-refractivity contribution in [1.29, 1.82) is 0 Å². The lowest BCUT2D eigenvalue weighted by Crippen LogP contribution is -2.61. The molecule has 1 saturated carbocycles. The molecule has 2 fully saturated rings. The Morgan fingerprint density at radius 3 is 2.30 bits per heavy atom. The lowest BCUT2D eigenvalue weighted by molar-refractivity contribution is -0.137. The minimum atomic E-state index is -3.41. The first-order valence-electron chi connectivity index (χ1n) is 11.0. The lowest BCUT2D eigenvalue weighted by atomic mass is 9.80. The average Bonchev–Trinajstić information content (AvgIpc) is 2.75. The summed E-state index contributed by atoms with van der Waals surface area (Å²) in [5, 5.41) is 5.93. The van der Waals surface area contributed by atoms with Crippen molar-refractivity contribution in [2.45, 2.75) is 63.2 Å². The van der Waals surface area contributed by atoms with Crippen molar-refractivity contribution in [2.75, 3.05) is 19.6 Å². The number of carbonyl (C=O) groups is 2. The predicted octanol–water partition coefficient (Wildman–Crippen LogP) is 2.18. The Bertz CT molecular complexity index is 827. The molecule has 2 N–H and O–H groups in total. The fourth-order valence-corrected chi connectivity index (χ4v) is 6.07. The molecule has 0 bridgehead atoms. The van der Waals surface area contributed by atoms with Gasteiger partial charge in [0.1, 0.15) is 5.54 Å². The molecule has 1 aliphatic carbocycles. The molecule has 2 amide bonds. The van der Waals surface area contributed by atoms with Crippen LogP contribution in [0.25, 0.3) is 0 Å². The van der Waals surface area contributed by atoms with E-state index in [0.29, 0.717) is 45.3 Å². The van der Waals surface area contributed by atoms with Crippen LogP contribution in [0.15, 0.2) is 30.3 Å². The summed E-state index contributed by atoms with van der Waals surface area (Å²) in [5.74, 6) is -0.504. The molecule has 30 heavy (non-hydrogen) atoms. The van der Waals surface area contributed by atoms with Crippen LogP contribution >= 0.6 is 0 Å². The largest absolute Gasteiger partial charge is 0.354 e. The van der Waals surface area contributed by atoms with Gasteiger partial charge in [0.2, 0.25) is 21.8 Å². The van der Waals surface area contributed by atoms with Crippen LogP contribution in [-0.2, 0) is 25.4 Å². The molecular weight excluding hydrogens is 402 g/mol. The molecule has 2 aliphatic rings. The van der Waals surface area contributed by atoms with Gasteiger partial charge in [-0.25, -0.2) is 12.7 Å². The zero-order valence-corrected chi connectivity index (χ0v) is 18.5. The van der Waals surface area contributed by atoms with Crippen LogP contribution in [0.1, 0.15) is 57.4 Å². The van der Waals surface area contributed by atoms with E-state index in [4.69, 9.17) is 0 Å². The van der Waals surface area contributed by atoms with Crippen molar-refractivity contribution in [2.24, 2.45) is 5.92 Å². The number of sulfonamides is 1. The first kappa shape index (κ1) is 22.7. The number of amides is 2. The van der Waals surface area contributed by atoms with Crippen LogP contribution in [0.4, 0.5) is 0 Å². The van der Waals surface area contributed by atoms with E-state index < -0.39 is 15.6 Å². The van der Waals surface area contributed by atoms with Gasteiger partial charge in [-0.05, 0) is 38.2 Å².